The van der Waals surface area contributed by atoms with Crippen molar-refractivity contribution in [3.05, 3.63) is 35.4 Å². The molecule has 4 aliphatic rings. The molecule has 0 spiro atoms. The number of halogens is 2. The van der Waals surface area contributed by atoms with Gasteiger partial charge in [0.2, 0.25) is 0 Å². The van der Waals surface area contributed by atoms with Crippen LogP contribution in [0, 0.1) is 34.8 Å². The summed E-state index contributed by atoms with van der Waals surface area (Å²) in [6, 6.07) is 4.26. The molecule has 1 nitrogen and oxygen atoms in total. The van der Waals surface area contributed by atoms with Crippen LogP contribution in [0.4, 0.5) is 8.78 Å². The standard InChI is InChI=1S/C18H22F2O/c19-15-3-1-2-14(17(15)20)7-16(21)18-8-11-4-12(9-18)6-13(5-11)10-18/h1-3,11-13,16,21H,4-10H2. The van der Waals surface area contributed by atoms with Gasteiger partial charge in [-0.05, 0) is 73.3 Å². The van der Waals surface area contributed by atoms with Crippen molar-refractivity contribution in [3.8, 4) is 0 Å². The van der Waals surface area contributed by atoms with Gasteiger partial charge in [0, 0.05) is 6.42 Å². The summed E-state index contributed by atoms with van der Waals surface area (Å²) < 4.78 is 27.2. The van der Waals surface area contributed by atoms with Crippen LogP contribution in [0.5, 0.6) is 0 Å². The normalized spacial score (nSPS) is 38.7. The molecule has 3 heteroatoms. The number of aliphatic hydroxyl groups is 1. The lowest BCUT2D eigenvalue weighted by Crippen LogP contribution is -2.52. The molecule has 1 aromatic carbocycles. The Morgan fingerprint density at radius 3 is 2.19 bits per heavy atom. The molecule has 4 saturated carbocycles. The highest BCUT2D eigenvalue weighted by Gasteiger charge is 2.53. The highest BCUT2D eigenvalue weighted by atomic mass is 19.2. The number of hydrogen-bond acceptors (Lipinski definition) is 1. The second-order valence-corrected chi connectivity index (χ2v) is 7.71. The molecule has 0 radical (unpaired) electrons. The zero-order chi connectivity index (χ0) is 14.6. The van der Waals surface area contributed by atoms with Gasteiger partial charge in [-0.3, -0.25) is 0 Å². The molecule has 114 valence electrons. The van der Waals surface area contributed by atoms with Crippen LogP contribution in [-0.4, -0.2) is 11.2 Å². The van der Waals surface area contributed by atoms with Crippen LogP contribution in [0.15, 0.2) is 18.2 Å². The van der Waals surface area contributed by atoms with Gasteiger partial charge in [-0.2, -0.15) is 0 Å². The van der Waals surface area contributed by atoms with Crippen molar-refractivity contribution in [1.29, 1.82) is 0 Å². The zero-order valence-electron chi connectivity index (χ0n) is 12.2. The molecule has 1 atom stereocenters. The molecule has 0 aromatic heterocycles. The van der Waals surface area contributed by atoms with Crippen molar-refractivity contribution in [1.82, 2.24) is 0 Å². The summed E-state index contributed by atoms with van der Waals surface area (Å²) in [4.78, 5) is 0. The summed E-state index contributed by atoms with van der Waals surface area (Å²) in [6.07, 6.45) is 6.91. The van der Waals surface area contributed by atoms with E-state index < -0.39 is 17.7 Å². The second-order valence-electron chi connectivity index (χ2n) is 7.71. The smallest absolute Gasteiger partial charge is 0.162 e. The van der Waals surface area contributed by atoms with Crippen LogP contribution in [0.2, 0.25) is 0 Å². The molecule has 1 aromatic rings. The third kappa shape index (κ3) is 2.21. The van der Waals surface area contributed by atoms with Gasteiger partial charge in [0.05, 0.1) is 6.10 Å². The lowest BCUT2D eigenvalue weighted by molar-refractivity contribution is -0.119. The molecular weight excluding hydrogens is 270 g/mol. The topological polar surface area (TPSA) is 20.2 Å². The number of aliphatic hydroxyl groups excluding tert-OH is 1. The maximum absolute atomic E-state index is 13.8. The van der Waals surface area contributed by atoms with Crippen molar-refractivity contribution >= 4 is 0 Å². The first-order chi connectivity index (χ1) is 10.1. The van der Waals surface area contributed by atoms with Gasteiger partial charge < -0.3 is 5.11 Å². The minimum Gasteiger partial charge on any atom is -0.392 e. The van der Waals surface area contributed by atoms with E-state index in [2.05, 4.69) is 0 Å². The molecule has 4 bridgehead atoms. The molecule has 1 N–H and O–H groups in total. The first kappa shape index (κ1) is 13.7. The summed E-state index contributed by atoms with van der Waals surface area (Å²) in [7, 11) is 0. The van der Waals surface area contributed by atoms with Crippen LogP contribution in [0.25, 0.3) is 0 Å². The first-order valence-corrected chi connectivity index (χ1v) is 8.17. The quantitative estimate of drug-likeness (QED) is 0.890. The second kappa shape index (κ2) is 4.77. The largest absolute Gasteiger partial charge is 0.392 e. The van der Waals surface area contributed by atoms with Gasteiger partial charge in [0.25, 0.3) is 0 Å². The minimum atomic E-state index is -0.815. The van der Waals surface area contributed by atoms with Gasteiger partial charge in [-0.25, -0.2) is 8.78 Å². The monoisotopic (exact) mass is 292 g/mol. The summed E-state index contributed by atoms with van der Waals surface area (Å²) >= 11 is 0. The Kier molecular flexibility index (Phi) is 3.11. The molecule has 1 unspecified atom stereocenters. The van der Waals surface area contributed by atoms with Gasteiger partial charge >= 0.3 is 0 Å². The SMILES string of the molecule is OC(Cc1cccc(F)c1F)C12CC3CC(CC(C3)C1)C2. The summed E-state index contributed by atoms with van der Waals surface area (Å²) in [5.74, 6) is 0.654. The van der Waals surface area contributed by atoms with Crippen LogP contribution in [0.3, 0.4) is 0 Å². The number of hydrogen-bond donors (Lipinski definition) is 1. The highest BCUT2D eigenvalue weighted by Crippen LogP contribution is 2.61. The predicted octanol–water partition coefficient (Wildman–Crippen LogP) is 4.08. The van der Waals surface area contributed by atoms with E-state index in [0.29, 0.717) is 5.56 Å². The Morgan fingerprint density at radius 1 is 1.05 bits per heavy atom. The maximum atomic E-state index is 13.8. The van der Waals surface area contributed by atoms with E-state index in [0.717, 1.165) is 43.1 Å². The molecule has 4 aliphatic carbocycles. The van der Waals surface area contributed by atoms with Crippen LogP contribution in [0.1, 0.15) is 44.1 Å². The van der Waals surface area contributed by atoms with E-state index in [1.807, 2.05) is 0 Å². The van der Waals surface area contributed by atoms with E-state index in [-0.39, 0.29) is 11.8 Å². The average molecular weight is 292 g/mol. The van der Waals surface area contributed by atoms with Crippen molar-refractivity contribution in [2.75, 3.05) is 0 Å². The van der Waals surface area contributed by atoms with Gasteiger partial charge in [0.1, 0.15) is 0 Å². The molecule has 5 rings (SSSR count). The van der Waals surface area contributed by atoms with Gasteiger partial charge in [0.15, 0.2) is 11.6 Å². The van der Waals surface area contributed by atoms with E-state index in [1.54, 1.807) is 6.07 Å². The van der Waals surface area contributed by atoms with Gasteiger partial charge in [-0.15, -0.1) is 0 Å². The van der Waals surface area contributed by atoms with Crippen molar-refractivity contribution in [2.45, 2.75) is 51.0 Å². The fraction of sp³-hybridized carbons (Fsp3) is 0.667. The molecule has 4 fully saturated rings. The summed E-state index contributed by atoms with van der Waals surface area (Å²) in [5, 5.41) is 10.8. The Hall–Kier alpha value is -0.960. The number of rotatable bonds is 3. The first-order valence-electron chi connectivity index (χ1n) is 8.17. The molecule has 0 amide bonds. The molecule has 0 aliphatic heterocycles. The fourth-order valence-corrected chi connectivity index (χ4v) is 5.72. The maximum Gasteiger partial charge on any atom is 0.162 e. The van der Waals surface area contributed by atoms with Crippen molar-refractivity contribution < 1.29 is 13.9 Å². The highest BCUT2D eigenvalue weighted by molar-refractivity contribution is 5.21. The molecular formula is C18H22F2O. The Bertz CT molecular complexity index is 519. The fourth-order valence-electron chi connectivity index (χ4n) is 5.72. The van der Waals surface area contributed by atoms with Crippen LogP contribution >= 0.6 is 0 Å². The molecule has 0 saturated heterocycles. The summed E-state index contributed by atoms with van der Waals surface area (Å²) in [6.45, 7) is 0. The molecule has 21 heavy (non-hydrogen) atoms. The van der Waals surface area contributed by atoms with E-state index in [9.17, 15) is 13.9 Å². The Labute approximate surface area is 124 Å². The Morgan fingerprint density at radius 2 is 1.62 bits per heavy atom. The minimum absolute atomic E-state index is 0.0342. The van der Waals surface area contributed by atoms with E-state index >= 15 is 0 Å². The van der Waals surface area contributed by atoms with E-state index in [4.69, 9.17) is 0 Å². The Balaban J connectivity index is 1.57. The predicted molar refractivity (Wildman–Crippen MR) is 76.7 cm³/mol. The third-order valence-electron chi connectivity index (χ3n) is 6.24. The molecule has 0 heterocycles. The lowest BCUT2D eigenvalue weighted by atomic mass is 9.48. The van der Waals surface area contributed by atoms with Gasteiger partial charge in [-0.1, -0.05) is 12.1 Å². The lowest BCUT2D eigenvalue weighted by Gasteiger charge is -2.58. The van der Waals surface area contributed by atoms with E-state index in [1.165, 1.54) is 25.3 Å². The zero-order valence-corrected chi connectivity index (χ0v) is 12.2. The van der Waals surface area contributed by atoms with Crippen molar-refractivity contribution in [2.24, 2.45) is 23.2 Å². The third-order valence-corrected chi connectivity index (χ3v) is 6.24. The van der Waals surface area contributed by atoms with Crippen molar-refractivity contribution in [3.63, 3.8) is 0 Å². The van der Waals surface area contributed by atoms with Crippen LogP contribution < -0.4 is 0 Å². The van der Waals surface area contributed by atoms with Crippen LogP contribution in [-0.2, 0) is 6.42 Å². The summed E-state index contributed by atoms with van der Waals surface area (Å²) in [5.41, 5.74) is 0.284. The average Bonchev–Trinajstić information content (AvgIpc) is 2.42. The number of benzene rings is 1.